The maximum Gasteiger partial charge on any atom is 0.261 e. The number of carbonyl (C=O) groups excluding carboxylic acids is 2. The summed E-state index contributed by atoms with van der Waals surface area (Å²) < 4.78 is 32.6. The molecule has 2 aliphatic rings. The first-order valence-electron chi connectivity index (χ1n) is 8.46. The number of imide groups is 1. The zero-order valence-corrected chi connectivity index (χ0v) is 15.1. The first-order valence-corrected chi connectivity index (χ1v) is 9.90. The Morgan fingerprint density at radius 3 is 2.42 bits per heavy atom. The Bertz CT molecular complexity index is 1030. The number of hydrogen-bond donors (Lipinski definition) is 0. The fourth-order valence-corrected chi connectivity index (χ4v) is 4.97. The Morgan fingerprint density at radius 1 is 1.04 bits per heavy atom. The summed E-state index contributed by atoms with van der Waals surface area (Å²) in [6.07, 6.45) is 0. The summed E-state index contributed by atoms with van der Waals surface area (Å²) in [4.78, 5) is 26.5. The Labute approximate surface area is 151 Å². The molecule has 2 aliphatic heterocycles. The summed E-state index contributed by atoms with van der Waals surface area (Å²) in [5.74, 6) is -0.806. The highest BCUT2D eigenvalue weighted by Crippen LogP contribution is 2.33. The molecule has 136 valence electrons. The average Bonchev–Trinajstić information content (AvgIpc) is 2.66. The first-order chi connectivity index (χ1) is 12.4. The molecule has 2 heterocycles. The molecule has 2 aromatic rings. The van der Waals surface area contributed by atoms with E-state index < -0.39 is 15.9 Å². The second-order valence-electron chi connectivity index (χ2n) is 6.25. The van der Waals surface area contributed by atoms with Gasteiger partial charge < -0.3 is 4.74 Å². The van der Waals surface area contributed by atoms with E-state index in [2.05, 4.69) is 0 Å². The number of nitrogens with zero attached hydrogens (tertiary/aromatic N) is 2. The highest BCUT2D eigenvalue weighted by Gasteiger charge is 2.34. The third kappa shape index (κ3) is 2.45. The number of rotatable bonds is 3. The molecule has 0 radical (unpaired) electrons. The number of benzene rings is 2. The minimum atomic E-state index is -3.74. The van der Waals surface area contributed by atoms with E-state index in [1.165, 1.54) is 16.4 Å². The van der Waals surface area contributed by atoms with Crippen LogP contribution in [0.25, 0.3) is 10.8 Å². The smallest absolute Gasteiger partial charge is 0.261 e. The van der Waals surface area contributed by atoms with Crippen LogP contribution in [0.3, 0.4) is 0 Å². The van der Waals surface area contributed by atoms with Crippen LogP contribution in [0, 0.1) is 0 Å². The van der Waals surface area contributed by atoms with E-state index in [1.807, 2.05) is 0 Å². The van der Waals surface area contributed by atoms with Crippen molar-refractivity contribution in [2.75, 3.05) is 32.8 Å². The van der Waals surface area contributed by atoms with Crippen molar-refractivity contribution in [3.63, 3.8) is 0 Å². The lowest BCUT2D eigenvalue weighted by Gasteiger charge is -2.28. The molecule has 0 aromatic heterocycles. The predicted molar refractivity (Wildman–Crippen MR) is 94.6 cm³/mol. The normalized spacial score (nSPS) is 18.6. The second kappa shape index (κ2) is 6.15. The van der Waals surface area contributed by atoms with Crippen LogP contribution in [-0.4, -0.2) is 62.3 Å². The van der Waals surface area contributed by atoms with Gasteiger partial charge in [0.2, 0.25) is 10.0 Å². The van der Waals surface area contributed by atoms with Gasteiger partial charge >= 0.3 is 0 Å². The van der Waals surface area contributed by atoms with Crippen LogP contribution >= 0.6 is 0 Å². The number of sulfonamides is 1. The molecule has 0 bridgehead atoms. The lowest BCUT2D eigenvalue weighted by atomic mass is 9.94. The van der Waals surface area contributed by atoms with Crippen LogP contribution in [-0.2, 0) is 14.8 Å². The van der Waals surface area contributed by atoms with Crippen LogP contribution in [0.5, 0.6) is 0 Å². The van der Waals surface area contributed by atoms with E-state index >= 15 is 0 Å². The molecule has 0 saturated carbocycles. The van der Waals surface area contributed by atoms with Gasteiger partial charge in [-0.3, -0.25) is 14.5 Å². The lowest BCUT2D eigenvalue weighted by Crippen LogP contribution is -2.41. The van der Waals surface area contributed by atoms with Crippen molar-refractivity contribution in [3.05, 3.63) is 41.5 Å². The number of hydrogen-bond acceptors (Lipinski definition) is 5. The number of carbonyl (C=O) groups is 2. The largest absolute Gasteiger partial charge is 0.379 e. The zero-order chi connectivity index (χ0) is 18.5. The topological polar surface area (TPSA) is 84.0 Å². The van der Waals surface area contributed by atoms with E-state index in [1.54, 1.807) is 25.1 Å². The monoisotopic (exact) mass is 374 g/mol. The van der Waals surface area contributed by atoms with E-state index in [-0.39, 0.29) is 36.0 Å². The fraction of sp³-hybridized carbons (Fsp3) is 0.333. The molecule has 0 spiro atoms. The molecule has 7 nitrogen and oxygen atoms in total. The van der Waals surface area contributed by atoms with Crippen molar-refractivity contribution in [3.8, 4) is 0 Å². The third-order valence-electron chi connectivity index (χ3n) is 4.83. The van der Waals surface area contributed by atoms with E-state index in [0.29, 0.717) is 29.5 Å². The Kier molecular flexibility index (Phi) is 4.06. The van der Waals surface area contributed by atoms with E-state index in [4.69, 9.17) is 4.74 Å². The van der Waals surface area contributed by atoms with E-state index in [0.717, 1.165) is 4.90 Å². The van der Waals surface area contributed by atoms with Crippen LogP contribution in [0.2, 0.25) is 0 Å². The third-order valence-corrected chi connectivity index (χ3v) is 6.70. The standard InChI is InChI=1S/C18H18N2O5S/c1-2-20-17(21)14-5-3-4-12-10-13(11-15(16(12)14)18(20)22)26(23,24)19-6-8-25-9-7-19/h3-5,10-11H,2,6-9H2,1H3. The van der Waals surface area contributed by atoms with Gasteiger partial charge in [-0.05, 0) is 30.5 Å². The van der Waals surface area contributed by atoms with Crippen molar-refractivity contribution in [1.29, 1.82) is 0 Å². The van der Waals surface area contributed by atoms with E-state index in [9.17, 15) is 18.0 Å². The van der Waals surface area contributed by atoms with Gasteiger partial charge in [0.1, 0.15) is 0 Å². The first kappa shape index (κ1) is 17.1. The van der Waals surface area contributed by atoms with Crippen LogP contribution in [0.1, 0.15) is 27.6 Å². The summed E-state index contributed by atoms with van der Waals surface area (Å²) >= 11 is 0. The van der Waals surface area contributed by atoms with Crippen molar-refractivity contribution in [2.24, 2.45) is 0 Å². The highest BCUT2D eigenvalue weighted by molar-refractivity contribution is 7.89. The molecule has 4 rings (SSSR count). The molecule has 0 atom stereocenters. The summed E-state index contributed by atoms with van der Waals surface area (Å²) in [6, 6.07) is 8.03. The molecule has 0 N–H and O–H groups in total. The van der Waals surface area contributed by atoms with Crippen molar-refractivity contribution in [2.45, 2.75) is 11.8 Å². The molecule has 2 amide bonds. The van der Waals surface area contributed by atoms with Gasteiger partial charge in [0.15, 0.2) is 0 Å². The minimum absolute atomic E-state index is 0.0674. The van der Waals surface area contributed by atoms with Gasteiger partial charge in [0.05, 0.1) is 18.1 Å². The van der Waals surface area contributed by atoms with Crippen molar-refractivity contribution >= 4 is 32.6 Å². The maximum absolute atomic E-state index is 13.0. The Balaban J connectivity index is 1.94. The van der Waals surface area contributed by atoms with Crippen molar-refractivity contribution in [1.82, 2.24) is 9.21 Å². The molecule has 0 unspecified atom stereocenters. The van der Waals surface area contributed by atoms with Crippen molar-refractivity contribution < 1.29 is 22.7 Å². The summed E-state index contributed by atoms with van der Waals surface area (Å²) in [5, 5.41) is 1.09. The van der Waals surface area contributed by atoms with Crippen LogP contribution in [0.4, 0.5) is 0 Å². The lowest BCUT2D eigenvalue weighted by molar-refractivity contribution is 0.0619. The minimum Gasteiger partial charge on any atom is -0.379 e. The fourth-order valence-electron chi connectivity index (χ4n) is 3.50. The molecular weight excluding hydrogens is 356 g/mol. The quantitative estimate of drug-likeness (QED) is 0.760. The summed E-state index contributed by atoms with van der Waals surface area (Å²) in [6.45, 7) is 3.21. The zero-order valence-electron chi connectivity index (χ0n) is 14.3. The molecule has 26 heavy (non-hydrogen) atoms. The van der Waals surface area contributed by atoms with Gasteiger partial charge in [-0.25, -0.2) is 8.42 Å². The van der Waals surface area contributed by atoms with Gasteiger partial charge in [-0.2, -0.15) is 4.31 Å². The molecular formula is C18H18N2O5S. The SMILES string of the molecule is CCN1C(=O)c2cccc3cc(S(=O)(=O)N4CCOCC4)cc(c23)C1=O. The van der Waals surface area contributed by atoms with Crippen LogP contribution < -0.4 is 0 Å². The molecule has 1 saturated heterocycles. The molecule has 2 aromatic carbocycles. The molecule has 8 heteroatoms. The molecule has 1 fully saturated rings. The predicted octanol–water partition coefficient (Wildman–Crippen LogP) is 1.48. The Morgan fingerprint density at radius 2 is 1.73 bits per heavy atom. The Hall–Kier alpha value is -2.29. The maximum atomic E-state index is 13.0. The highest BCUT2D eigenvalue weighted by atomic mass is 32.2. The molecule has 0 aliphatic carbocycles. The average molecular weight is 374 g/mol. The van der Waals surface area contributed by atoms with Gasteiger partial charge in [-0.15, -0.1) is 0 Å². The van der Waals surface area contributed by atoms with Crippen LogP contribution in [0.15, 0.2) is 35.2 Å². The summed E-state index contributed by atoms with van der Waals surface area (Å²) in [5.41, 5.74) is 0.681. The number of ether oxygens (including phenoxy) is 1. The second-order valence-corrected chi connectivity index (χ2v) is 8.18. The summed E-state index contributed by atoms with van der Waals surface area (Å²) in [7, 11) is -3.74. The number of morpholine rings is 1. The number of amides is 2. The van der Waals surface area contributed by atoms with Gasteiger partial charge in [-0.1, -0.05) is 12.1 Å². The van der Waals surface area contributed by atoms with Gasteiger partial charge in [0.25, 0.3) is 11.8 Å². The van der Waals surface area contributed by atoms with Gasteiger partial charge in [0, 0.05) is 36.1 Å².